The maximum atomic E-state index is 15.1. The maximum absolute atomic E-state index is 15.1. The van der Waals surface area contributed by atoms with Gasteiger partial charge in [-0.25, -0.2) is 22.5 Å². The lowest BCUT2D eigenvalue weighted by Gasteiger charge is -2.32. The molecule has 3 atom stereocenters. The molecule has 0 spiro atoms. The van der Waals surface area contributed by atoms with Crippen LogP contribution in [0.15, 0.2) is 0 Å². The molecule has 6 heterocycles. The average molecular weight is 502 g/mol. The Bertz CT molecular complexity index is 1140. The molecule has 0 radical (unpaired) electrons. The fourth-order valence-electron chi connectivity index (χ4n) is 5.92. The molecule has 0 amide bonds. The van der Waals surface area contributed by atoms with E-state index in [0.29, 0.717) is 31.5 Å². The van der Waals surface area contributed by atoms with Crippen LogP contribution in [0.25, 0.3) is 10.9 Å². The summed E-state index contributed by atoms with van der Waals surface area (Å²) < 4.78 is 69.5. The van der Waals surface area contributed by atoms with Crippen LogP contribution in [0.2, 0.25) is 5.15 Å². The summed E-state index contributed by atoms with van der Waals surface area (Å²) in [4.78, 5) is 16.5. The highest BCUT2D eigenvalue weighted by Crippen LogP contribution is 2.42. The second-order valence-corrected chi connectivity index (χ2v) is 10.1. The van der Waals surface area contributed by atoms with Gasteiger partial charge in [-0.1, -0.05) is 11.6 Å². The van der Waals surface area contributed by atoms with Crippen molar-refractivity contribution in [3.05, 3.63) is 16.7 Å². The number of anilines is 1. The van der Waals surface area contributed by atoms with Crippen molar-refractivity contribution in [3.63, 3.8) is 0 Å². The smallest absolute Gasteiger partial charge is 0.319 e. The maximum Gasteiger partial charge on any atom is 0.319 e. The molecule has 0 saturated carbocycles. The number of ether oxygens (including phenoxy) is 2. The largest absolute Gasteiger partial charge is 0.461 e. The molecule has 0 aliphatic carbocycles. The van der Waals surface area contributed by atoms with Gasteiger partial charge in [0.15, 0.2) is 11.0 Å². The SMILES string of the molecule is Fc1c(Cl)nc2c3c(nc(OC[C@@]45CCCN4C[C@H](F)C5)nc13)N1CC(F)(F)COCC1CC2. The number of pyridine rings is 1. The van der Waals surface area contributed by atoms with Crippen molar-refractivity contribution in [1.82, 2.24) is 19.9 Å². The summed E-state index contributed by atoms with van der Waals surface area (Å²) in [5.41, 5.74) is -0.118. The lowest BCUT2D eigenvalue weighted by Crippen LogP contribution is -2.44. The molecule has 0 aromatic carbocycles. The zero-order chi connectivity index (χ0) is 23.7. The summed E-state index contributed by atoms with van der Waals surface area (Å²) in [5.74, 6) is -3.82. The Morgan fingerprint density at radius 3 is 2.94 bits per heavy atom. The van der Waals surface area contributed by atoms with E-state index >= 15 is 4.39 Å². The minimum Gasteiger partial charge on any atom is -0.461 e. The van der Waals surface area contributed by atoms with E-state index < -0.39 is 42.6 Å². The number of hydrogen-bond donors (Lipinski definition) is 0. The van der Waals surface area contributed by atoms with Gasteiger partial charge in [0.1, 0.15) is 30.7 Å². The van der Waals surface area contributed by atoms with E-state index in [1.165, 1.54) is 4.90 Å². The molecule has 184 valence electrons. The van der Waals surface area contributed by atoms with Gasteiger partial charge in [0.25, 0.3) is 5.92 Å². The number of aryl methyl sites for hydroxylation is 1. The molecule has 0 N–H and O–H groups in total. The number of hydrogen-bond acceptors (Lipinski definition) is 7. The predicted octanol–water partition coefficient (Wildman–Crippen LogP) is 3.56. The number of nitrogens with zero attached hydrogens (tertiary/aromatic N) is 5. The van der Waals surface area contributed by atoms with Gasteiger partial charge < -0.3 is 14.4 Å². The number of alkyl halides is 3. The quantitative estimate of drug-likeness (QED) is 0.471. The molecule has 7 nitrogen and oxygen atoms in total. The van der Waals surface area contributed by atoms with Crippen molar-refractivity contribution in [2.75, 3.05) is 44.4 Å². The first-order valence-corrected chi connectivity index (χ1v) is 11.9. The third-order valence-corrected chi connectivity index (χ3v) is 7.71. The van der Waals surface area contributed by atoms with E-state index in [-0.39, 0.29) is 41.1 Å². The van der Waals surface area contributed by atoms with Crippen molar-refractivity contribution in [3.8, 4) is 6.01 Å². The number of fused-ring (bicyclic) bond motifs is 3. The summed E-state index contributed by atoms with van der Waals surface area (Å²) in [6.45, 7) is 0.0365. The highest BCUT2D eigenvalue weighted by Gasteiger charge is 2.49. The number of halogens is 5. The van der Waals surface area contributed by atoms with Crippen LogP contribution in [0.4, 0.5) is 23.4 Å². The summed E-state index contributed by atoms with van der Waals surface area (Å²) in [5, 5.41) is -0.0757. The van der Waals surface area contributed by atoms with E-state index in [1.807, 2.05) is 0 Å². The summed E-state index contributed by atoms with van der Waals surface area (Å²) in [6, 6.07) is -0.548. The Morgan fingerprint density at radius 2 is 2.09 bits per heavy atom. The van der Waals surface area contributed by atoms with Crippen LogP contribution in [0, 0.1) is 5.82 Å². The van der Waals surface area contributed by atoms with Crippen molar-refractivity contribution in [1.29, 1.82) is 0 Å². The van der Waals surface area contributed by atoms with Crippen LogP contribution in [-0.2, 0) is 11.2 Å². The summed E-state index contributed by atoms with van der Waals surface area (Å²) in [7, 11) is 0. The molecule has 1 unspecified atom stereocenters. The van der Waals surface area contributed by atoms with Gasteiger partial charge in [0, 0.05) is 13.0 Å². The molecule has 2 aromatic rings. The molecular weight excluding hydrogens is 478 g/mol. The summed E-state index contributed by atoms with van der Waals surface area (Å²) >= 11 is 6.05. The first-order chi connectivity index (χ1) is 16.2. The Labute approximate surface area is 198 Å². The molecule has 12 heteroatoms. The van der Waals surface area contributed by atoms with Gasteiger partial charge in [-0.15, -0.1) is 0 Å². The molecule has 0 bridgehead atoms. The summed E-state index contributed by atoms with van der Waals surface area (Å²) in [6.07, 6.45) is 1.97. The van der Waals surface area contributed by atoms with Gasteiger partial charge in [-0.3, -0.25) is 4.90 Å². The molecule has 4 aliphatic rings. The number of aromatic nitrogens is 3. The van der Waals surface area contributed by atoms with E-state index in [2.05, 4.69) is 19.9 Å². The Balaban J connectivity index is 1.43. The van der Waals surface area contributed by atoms with Gasteiger partial charge >= 0.3 is 6.01 Å². The lowest BCUT2D eigenvalue weighted by atomic mass is 9.95. The normalized spacial score (nSPS) is 30.7. The second-order valence-electron chi connectivity index (χ2n) is 9.77. The Morgan fingerprint density at radius 1 is 1.24 bits per heavy atom. The van der Waals surface area contributed by atoms with Crippen molar-refractivity contribution in [2.24, 2.45) is 0 Å². The molecule has 6 rings (SSSR count). The van der Waals surface area contributed by atoms with Gasteiger partial charge in [0.2, 0.25) is 0 Å². The molecule has 3 fully saturated rings. The monoisotopic (exact) mass is 501 g/mol. The van der Waals surface area contributed by atoms with E-state index in [0.717, 1.165) is 19.4 Å². The Kier molecular flexibility index (Phi) is 5.31. The minimum atomic E-state index is -3.11. The van der Waals surface area contributed by atoms with Crippen molar-refractivity contribution >= 4 is 28.3 Å². The number of rotatable bonds is 3. The first-order valence-electron chi connectivity index (χ1n) is 11.5. The van der Waals surface area contributed by atoms with Gasteiger partial charge in [-0.2, -0.15) is 9.97 Å². The molecule has 4 aliphatic heterocycles. The zero-order valence-corrected chi connectivity index (χ0v) is 19.1. The minimum absolute atomic E-state index is 0.0808. The first kappa shape index (κ1) is 22.5. The third-order valence-electron chi connectivity index (χ3n) is 7.46. The average Bonchev–Trinajstić information content (AvgIpc) is 3.20. The second kappa shape index (κ2) is 8.03. The standard InChI is InChI=1S/C22H24ClF4N5O2/c23-18-16(25)17-15-14(28-18)3-2-13-8-33-11-22(26,27)9-32(13)19(15)30-20(29-17)34-10-21-4-1-5-31(21)7-12(24)6-21/h12-13H,1-11H2/t12-,13?,21+/m1/s1. The Hall–Kier alpha value is -1.98. The zero-order valence-electron chi connectivity index (χ0n) is 18.4. The fraction of sp³-hybridized carbons (Fsp3) is 0.682. The molecule has 34 heavy (non-hydrogen) atoms. The predicted molar refractivity (Wildman–Crippen MR) is 116 cm³/mol. The van der Waals surface area contributed by atoms with E-state index in [4.69, 9.17) is 21.1 Å². The van der Waals surface area contributed by atoms with Crippen molar-refractivity contribution < 1.29 is 27.0 Å². The van der Waals surface area contributed by atoms with Crippen LogP contribution in [-0.4, -0.2) is 83.0 Å². The van der Waals surface area contributed by atoms with Crippen LogP contribution < -0.4 is 9.64 Å². The van der Waals surface area contributed by atoms with Crippen LogP contribution >= 0.6 is 11.6 Å². The topological polar surface area (TPSA) is 63.6 Å². The van der Waals surface area contributed by atoms with E-state index in [9.17, 15) is 13.2 Å². The fourth-order valence-corrected chi connectivity index (χ4v) is 6.12. The molecule has 3 saturated heterocycles. The highest BCUT2D eigenvalue weighted by molar-refractivity contribution is 6.30. The van der Waals surface area contributed by atoms with Crippen LogP contribution in [0.3, 0.4) is 0 Å². The van der Waals surface area contributed by atoms with Crippen LogP contribution in [0.1, 0.15) is 31.4 Å². The molecule has 2 aromatic heterocycles. The van der Waals surface area contributed by atoms with Gasteiger partial charge in [-0.05, 0) is 32.2 Å². The van der Waals surface area contributed by atoms with Crippen molar-refractivity contribution in [2.45, 2.75) is 55.8 Å². The third kappa shape index (κ3) is 3.67. The highest BCUT2D eigenvalue weighted by atomic mass is 35.5. The van der Waals surface area contributed by atoms with E-state index in [1.54, 1.807) is 0 Å². The van der Waals surface area contributed by atoms with Gasteiger partial charge in [0.05, 0.1) is 35.8 Å². The van der Waals surface area contributed by atoms with Crippen LogP contribution in [0.5, 0.6) is 6.01 Å². The molecular formula is C22H24ClF4N5O2. The lowest BCUT2D eigenvalue weighted by molar-refractivity contribution is -0.0574.